The molecule has 0 radical (unpaired) electrons. The number of carboxylic acid groups (broad SMARTS) is 1. The lowest BCUT2D eigenvalue weighted by Gasteiger charge is -2.27. The summed E-state index contributed by atoms with van der Waals surface area (Å²) in [6, 6.07) is 3.88. The number of hydrogen-bond donors (Lipinski definition) is 2. The number of benzene rings is 1. The second kappa shape index (κ2) is 9.12. The van der Waals surface area contributed by atoms with Gasteiger partial charge in [0.2, 0.25) is 11.8 Å². The molecule has 0 aliphatic heterocycles. The monoisotopic (exact) mass is 356 g/mol. The van der Waals surface area contributed by atoms with E-state index in [1.165, 1.54) is 25.9 Å². The predicted molar refractivity (Wildman–Crippen MR) is 89.2 cm³/mol. The summed E-state index contributed by atoms with van der Waals surface area (Å²) < 4.78 is 5.20. The molecule has 0 saturated heterocycles. The largest absolute Gasteiger partial charge is 0.496 e. The predicted octanol–water partition coefficient (Wildman–Crippen LogP) is 1.33. The van der Waals surface area contributed by atoms with Crippen LogP contribution in [0.5, 0.6) is 5.75 Å². The number of aliphatic carboxylic acids is 1. The molecule has 0 aliphatic rings. The van der Waals surface area contributed by atoms with E-state index in [-0.39, 0.29) is 25.4 Å². The van der Waals surface area contributed by atoms with Gasteiger partial charge in [0.05, 0.1) is 13.5 Å². The highest BCUT2D eigenvalue weighted by Gasteiger charge is 2.26. The highest BCUT2D eigenvalue weighted by atomic mass is 35.5. The normalized spacial score (nSPS) is 11.5. The zero-order valence-electron chi connectivity index (χ0n) is 13.8. The highest BCUT2D eigenvalue weighted by Crippen LogP contribution is 2.23. The SMILES string of the molecule is COc1ccc(Cl)cc1CC(=O)N(CCNC(C)=O)C(C)C(=O)O. The van der Waals surface area contributed by atoms with E-state index < -0.39 is 17.9 Å². The van der Waals surface area contributed by atoms with Gasteiger partial charge in [0.1, 0.15) is 11.8 Å². The quantitative estimate of drug-likeness (QED) is 0.732. The first-order chi connectivity index (χ1) is 11.3. The van der Waals surface area contributed by atoms with Crippen LogP contribution in [-0.2, 0) is 20.8 Å². The number of carbonyl (C=O) groups excluding carboxylic acids is 2. The smallest absolute Gasteiger partial charge is 0.326 e. The Balaban J connectivity index is 2.93. The van der Waals surface area contributed by atoms with Gasteiger partial charge in [0, 0.05) is 30.6 Å². The Hall–Kier alpha value is -2.28. The van der Waals surface area contributed by atoms with Crippen LogP contribution in [0.1, 0.15) is 19.4 Å². The first kappa shape index (κ1) is 19.8. The molecule has 0 saturated carbocycles. The maximum atomic E-state index is 12.6. The third-order valence-corrected chi connectivity index (χ3v) is 3.69. The third kappa shape index (κ3) is 5.73. The zero-order valence-corrected chi connectivity index (χ0v) is 14.6. The molecule has 1 aromatic carbocycles. The van der Waals surface area contributed by atoms with Gasteiger partial charge < -0.3 is 20.1 Å². The van der Waals surface area contributed by atoms with E-state index in [0.717, 1.165) is 0 Å². The zero-order chi connectivity index (χ0) is 18.3. The van der Waals surface area contributed by atoms with Crippen LogP contribution in [0.25, 0.3) is 0 Å². The molecule has 0 aliphatic carbocycles. The first-order valence-corrected chi connectivity index (χ1v) is 7.73. The number of amides is 2. The molecule has 7 nitrogen and oxygen atoms in total. The Morgan fingerprint density at radius 2 is 2.04 bits per heavy atom. The van der Waals surface area contributed by atoms with Crippen molar-refractivity contribution in [3.63, 3.8) is 0 Å². The van der Waals surface area contributed by atoms with Crippen molar-refractivity contribution in [1.29, 1.82) is 0 Å². The third-order valence-electron chi connectivity index (χ3n) is 3.46. The maximum absolute atomic E-state index is 12.6. The fourth-order valence-corrected chi connectivity index (χ4v) is 2.36. The minimum Gasteiger partial charge on any atom is -0.496 e. The standard InChI is InChI=1S/C16H21ClN2O5/c1-10(16(22)23)19(7-6-18-11(2)20)15(21)9-12-8-13(17)4-5-14(12)24-3/h4-5,8,10H,6-7,9H2,1-3H3,(H,18,20)(H,22,23). The summed E-state index contributed by atoms with van der Waals surface area (Å²) in [6.45, 7) is 3.03. The van der Waals surface area contributed by atoms with Gasteiger partial charge in [-0.25, -0.2) is 4.79 Å². The van der Waals surface area contributed by atoms with Crippen LogP contribution in [0.15, 0.2) is 18.2 Å². The van der Waals surface area contributed by atoms with Crippen LogP contribution in [0, 0.1) is 0 Å². The summed E-state index contributed by atoms with van der Waals surface area (Å²) in [5.41, 5.74) is 0.567. The van der Waals surface area contributed by atoms with Gasteiger partial charge >= 0.3 is 5.97 Å². The van der Waals surface area contributed by atoms with Gasteiger partial charge in [0.15, 0.2) is 0 Å². The molecule has 0 heterocycles. The number of carboxylic acids is 1. The summed E-state index contributed by atoms with van der Waals surface area (Å²) in [5.74, 6) is -1.26. The van der Waals surface area contributed by atoms with Crippen LogP contribution in [0.2, 0.25) is 5.02 Å². The number of halogens is 1. The molecule has 1 unspecified atom stereocenters. The van der Waals surface area contributed by atoms with Gasteiger partial charge in [0.25, 0.3) is 0 Å². The molecular formula is C16H21ClN2O5. The first-order valence-electron chi connectivity index (χ1n) is 7.35. The summed E-state index contributed by atoms with van der Waals surface area (Å²) in [4.78, 5) is 36.0. The van der Waals surface area contributed by atoms with Crippen molar-refractivity contribution in [1.82, 2.24) is 10.2 Å². The topological polar surface area (TPSA) is 95.9 Å². The minimum absolute atomic E-state index is 0.0541. The number of hydrogen-bond acceptors (Lipinski definition) is 4. The minimum atomic E-state index is -1.12. The highest BCUT2D eigenvalue weighted by molar-refractivity contribution is 6.30. The number of ether oxygens (including phenoxy) is 1. The van der Waals surface area contributed by atoms with Crippen LogP contribution in [0.4, 0.5) is 0 Å². The van der Waals surface area contributed by atoms with Crippen molar-refractivity contribution in [3.05, 3.63) is 28.8 Å². The van der Waals surface area contributed by atoms with Gasteiger partial charge in [-0.3, -0.25) is 9.59 Å². The van der Waals surface area contributed by atoms with Crippen LogP contribution >= 0.6 is 11.6 Å². The van der Waals surface area contributed by atoms with E-state index in [0.29, 0.717) is 16.3 Å². The molecule has 1 aromatic rings. The molecule has 0 bridgehead atoms. The average Bonchev–Trinajstić information content (AvgIpc) is 2.50. The summed E-state index contributed by atoms with van der Waals surface area (Å²) in [7, 11) is 1.48. The van der Waals surface area contributed by atoms with Crippen molar-refractivity contribution in [2.45, 2.75) is 26.3 Å². The number of nitrogens with zero attached hydrogens (tertiary/aromatic N) is 1. The lowest BCUT2D eigenvalue weighted by molar-refractivity contribution is -0.149. The summed E-state index contributed by atoms with van der Waals surface area (Å²) >= 11 is 5.95. The molecule has 132 valence electrons. The van der Waals surface area contributed by atoms with Crippen molar-refractivity contribution >= 4 is 29.4 Å². The lowest BCUT2D eigenvalue weighted by Crippen LogP contribution is -2.47. The Morgan fingerprint density at radius 3 is 2.58 bits per heavy atom. The summed E-state index contributed by atoms with van der Waals surface area (Å²) in [5, 5.41) is 12.2. The fraction of sp³-hybridized carbons (Fsp3) is 0.438. The molecule has 8 heteroatoms. The Labute approximate surface area is 145 Å². The molecule has 2 N–H and O–H groups in total. The summed E-state index contributed by atoms with van der Waals surface area (Å²) in [6.07, 6.45) is -0.0541. The molecule has 1 atom stereocenters. The second-order valence-electron chi connectivity index (χ2n) is 5.22. The van der Waals surface area contributed by atoms with E-state index in [1.807, 2.05) is 0 Å². The van der Waals surface area contributed by atoms with Crippen molar-refractivity contribution in [2.24, 2.45) is 0 Å². The van der Waals surface area contributed by atoms with E-state index in [1.54, 1.807) is 18.2 Å². The van der Waals surface area contributed by atoms with Crippen LogP contribution in [-0.4, -0.2) is 54.0 Å². The van der Waals surface area contributed by atoms with Gasteiger partial charge in [-0.15, -0.1) is 0 Å². The molecule has 24 heavy (non-hydrogen) atoms. The number of nitrogens with one attached hydrogen (secondary N) is 1. The van der Waals surface area contributed by atoms with E-state index >= 15 is 0 Å². The van der Waals surface area contributed by atoms with Crippen molar-refractivity contribution < 1.29 is 24.2 Å². The Bertz CT molecular complexity index is 620. The van der Waals surface area contributed by atoms with Gasteiger partial charge in [-0.05, 0) is 25.1 Å². The molecule has 1 rings (SSSR count). The van der Waals surface area contributed by atoms with Gasteiger partial charge in [-0.1, -0.05) is 11.6 Å². The average molecular weight is 357 g/mol. The van der Waals surface area contributed by atoms with E-state index in [2.05, 4.69) is 5.32 Å². The molecule has 0 aromatic heterocycles. The molecular weight excluding hydrogens is 336 g/mol. The number of methoxy groups -OCH3 is 1. The number of carbonyl (C=O) groups is 3. The molecule has 2 amide bonds. The van der Waals surface area contributed by atoms with Crippen LogP contribution < -0.4 is 10.1 Å². The van der Waals surface area contributed by atoms with Crippen molar-refractivity contribution in [2.75, 3.05) is 20.2 Å². The van der Waals surface area contributed by atoms with Crippen LogP contribution in [0.3, 0.4) is 0 Å². The van der Waals surface area contributed by atoms with E-state index in [9.17, 15) is 19.5 Å². The molecule has 0 fully saturated rings. The molecule has 0 spiro atoms. The number of rotatable bonds is 8. The maximum Gasteiger partial charge on any atom is 0.326 e. The Morgan fingerprint density at radius 1 is 1.38 bits per heavy atom. The van der Waals surface area contributed by atoms with Crippen molar-refractivity contribution in [3.8, 4) is 5.75 Å². The van der Waals surface area contributed by atoms with Gasteiger partial charge in [-0.2, -0.15) is 0 Å². The Kier molecular flexibility index (Phi) is 7.51. The lowest BCUT2D eigenvalue weighted by atomic mass is 10.1. The fourth-order valence-electron chi connectivity index (χ4n) is 2.17. The second-order valence-corrected chi connectivity index (χ2v) is 5.65. The van der Waals surface area contributed by atoms with E-state index in [4.69, 9.17) is 16.3 Å².